The summed E-state index contributed by atoms with van der Waals surface area (Å²) in [5.41, 5.74) is 2.31. The summed E-state index contributed by atoms with van der Waals surface area (Å²) in [5, 5.41) is 0. The molecule has 0 bridgehead atoms. The summed E-state index contributed by atoms with van der Waals surface area (Å²) in [6.07, 6.45) is 2.59. The third kappa shape index (κ3) is 4.53. The van der Waals surface area contributed by atoms with E-state index >= 15 is 0 Å². The van der Waals surface area contributed by atoms with Gasteiger partial charge in [0.15, 0.2) is 0 Å². The van der Waals surface area contributed by atoms with Crippen molar-refractivity contribution in [3.8, 4) is 12.3 Å². The quantitative estimate of drug-likeness (QED) is 0.372. The first kappa shape index (κ1) is 16.0. The summed E-state index contributed by atoms with van der Waals surface area (Å²) in [6, 6.07) is 3.75. The molecule has 1 aromatic carbocycles. The summed E-state index contributed by atoms with van der Waals surface area (Å²) >= 11 is 2.90. The first-order valence-corrected chi connectivity index (χ1v) is 6.45. The minimum absolute atomic E-state index is 0.0168. The van der Waals surface area contributed by atoms with Crippen molar-refractivity contribution >= 4 is 15.9 Å². The lowest BCUT2D eigenvalue weighted by Gasteiger charge is -2.18. The summed E-state index contributed by atoms with van der Waals surface area (Å²) in [4.78, 5) is 0. The Bertz CT molecular complexity index is 466. The van der Waals surface area contributed by atoms with Crippen molar-refractivity contribution in [3.63, 3.8) is 0 Å². The fourth-order valence-electron chi connectivity index (χ4n) is 1.73. The van der Waals surface area contributed by atoms with Gasteiger partial charge in [-0.1, -0.05) is 22.0 Å². The standard InChI is InChI=1S/C13H14BrF3N2/c1-2-3-4-5-12(19-18)9-6-7-11(14)10(8-9)13(15,16)17/h1,6-8,12,19H,3-5,18H2. The van der Waals surface area contributed by atoms with Gasteiger partial charge < -0.3 is 0 Å². The fraction of sp³-hybridized carbons (Fsp3) is 0.385. The van der Waals surface area contributed by atoms with E-state index < -0.39 is 11.7 Å². The summed E-state index contributed by atoms with van der Waals surface area (Å²) in [5.74, 6) is 7.88. The Kier molecular flexibility index (Phi) is 5.85. The Labute approximate surface area is 118 Å². The second-order valence-electron chi connectivity index (χ2n) is 4.05. The van der Waals surface area contributed by atoms with Gasteiger partial charge >= 0.3 is 6.18 Å². The molecule has 0 aliphatic rings. The number of hydrazine groups is 1. The van der Waals surface area contributed by atoms with Crippen molar-refractivity contribution in [2.75, 3.05) is 0 Å². The van der Waals surface area contributed by atoms with Gasteiger partial charge in [0, 0.05) is 16.9 Å². The van der Waals surface area contributed by atoms with Gasteiger partial charge in [-0.05, 0) is 30.5 Å². The highest BCUT2D eigenvalue weighted by Crippen LogP contribution is 2.36. The predicted octanol–water partition coefficient (Wildman–Crippen LogP) is 3.78. The number of nitrogens with one attached hydrogen (secondary N) is 1. The maximum atomic E-state index is 12.8. The number of rotatable bonds is 5. The van der Waals surface area contributed by atoms with Gasteiger partial charge in [0.2, 0.25) is 0 Å². The van der Waals surface area contributed by atoms with Crippen LogP contribution in [0.5, 0.6) is 0 Å². The monoisotopic (exact) mass is 334 g/mol. The van der Waals surface area contributed by atoms with Crippen LogP contribution in [0.25, 0.3) is 0 Å². The van der Waals surface area contributed by atoms with Crippen molar-refractivity contribution in [2.45, 2.75) is 31.5 Å². The van der Waals surface area contributed by atoms with Crippen LogP contribution >= 0.6 is 15.9 Å². The van der Waals surface area contributed by atoms with Crippen LogP contribution in [0.1, 0.15) is 36.4 Å². The van der Waals surface area contributed by atoms with Crippen LogP contribution in [-0.2, 0) is 6.18 Å². The van der Waals surface area contributed by atoms with Crippen LogP contribution in [0.3, 0.4) is 0 Å². The second kappa shape index (κ2) is 6.94. The lowest BCUT2D eigenvalue weighted by molar-refractivity contribution is -0.138. The molecule has 0 heterocycles. The molecule has 0 amide bonds. The van der Waals surface area contributed by atoms with Gasteiger partial charge in [0.1, 0.15) is 0 Å². The first-order valence-electron chi connectivity index (χ1n) is 5.66. The topological polar surface area (TPSA) is 38.0 Å². The molecule has 0 aliphatic carbocycles. The van der Waals surface area contributed by atoms with Crippen LogP contribution in [0.15, 0.2) is 22.7 Å². The molecular weight excluding hydrogens is 321 g/mol. The minimum atomic E-state index is -4.40. The van der Waals surface area contributed by atoms with Gasteiger partial charge in [0.05, 0.1) is 5.56 Å². The van der Waals surface area contributed by atoms with Crippen molar-refractivity contribution < 1.29 is 13.2 Å². The average Bonchev–Trinajstić information content (AvgIpc) is 2.34. The number of benzene rings is 1. The smallest absolute Gasteiger partial charge is 0.271 e. The number of alkyl halides is 3. The number of unbranched alkanes of at least 4 members (excludes halogenated alkanes) is 1. The molecule has 1 atom stereocenters. The number of terminal acetylenes is 1. The van der Waals surface area contributed by atoms with Crippen LogP contribution in [0, 0.1) is 12.3 Å². The molecule has 0 saturated heterocycles. The van der Waals surface area contributed by atoms with E-state index in [0.29, 0.717) is 24.8 Å². The Morgan fingerprint density at radius 2 is 2.11 bits per heavy atom. The molecule has 3 N–H and O–H groups in total. The maximum Gasteiger partial charge on any atom is 0.417 e. The SMILES string of the molecule is C#CCCCC(NN)c1ccc(Br)c(C(F)(F)F)c1. The van der Waals surface area contributed by atoms with Crippen molar-refractivity contribution in [1.29, 1.82) is 0 Å². The zero-order valence-electron chi connectivity index (χ0n) is 10.1. The molecule has 0 saturated carbocycles. The molecule has 0 radical (unpaired) electrons. The van der Waals surface area contributed by atoms with E-state index in [9.17, 15) is 13.2 Å². The van der Waals surface area contributed by atoms with Crippen LogP contribution in [0.4, 0.5) is 13.2 Å². The van der Waals surface area contributed by atoms with E-state index in [1.165, 1.54) is 6.07 Å². The van der Waals surface area contributed by atoms with E-state index in [2.05, 4.69) is 27.3 Å². The normalized spacial score (nSPS) is 13.1. The molecule has 2 nitrogen and oxygen atoms in total. The van der Waals surface area contributed by atoms with Gasteiger partial charge in [-0.15, -0.1) is 12.3 Å². The van der Waals surface area contributed by atoms with E-state index in [-0.39, 0.29) is 10.5 Å². The summed E-state index contributed by atoms with van der Waals surface area (Å²) in [7, 11) is 0. The summed E-state index contributed by atoms with van der Waals surface area (Å²) in [6.45, 7) is 0. The zero-order valence-corrected chi connectivity index (χ0v) is 11.7. The Hall–Kier alpha value is -1.03. The Morgan fingerprint density at radius 1 is 1.42 bits per heavy atom. The second-order valence-corrected chi connectivity index (χ2v) is 4.91. The van der Waals surface area contributed by atoms with Crippen LogP contribution in [-0.4, -0.2) is 0 Å². The number of hydrogen-bond acceptors (Lipinski definition) is 2. The molecule has 1 unspecified atom stereocenters. The first-order chi connectivity index (χ1) is 8.90. The molecular formula is C13H14BrF3N2. The number of hydrogen-bond donors (Lipinski definition) is 2. The third-order valence-electron chi connectivity index (χ3n) is 2.71. The minimum Gasteiger partial charge on any atom is -0.271 e. The zero-order chi connectivity index (χ0) is 14.5. The number of halogens is 4. The Morgan fingerprint density at radius 3 is 2.63 bits per heavy atom. The number of nitrogens with two attached hydrogens (primary N) is 1. The van der Waals surface area contributed by atoms with Gasteiger partial charge in [-0.2, -0.15) is 13.2 Å². The highest BCUT2D eigenvalue weighted by Gasteiger charge is 2.33. The third-order valence-corrected chi connectivity index (χ3v) is 3.40. The molecule has 0 aliphatic heterocycles. The van der Waals surface area contributed by atoms with Crippen molar-refractivity contribution in [3.05, 3.63) is 33.8 Å². The highest BCUT2D eigenvalue weighted by atomic mass is 79.9. The fourth-order valence-corrected chi connectivity index (χ4v) is 2.20. The van der Waals surface area contributed by atoms with E-state index in [1.54, 1.807) is 6.07 Å². The predicted molar refractivity (Wildman–Crippen MR) is 71.9 cm³/mol. The van der Waals surface area contributed by atoms with Crippen LogP contribution < -0.4 is 11.3 Å². The molecule has 1 rings (SSSR count). The largest absolute Gasteiger partial charge is 0.417 e. The molecule has 1 aromatic rings. The molecule has 6 heteroatoms. The molecule has 0 spiro atoms. The molecule has 19 heavy (non-hydrogen) atoms. The molecule has 104 valence electrons. The van der Waals surface area contributed by atoms with E-state index in [1.807, 2.05) is 0 Å². The van der Waals surface area contributed by atoms with Crippen molar-refractivity contribution in [1.82, 2.24) is 5.43 Å². The maximum absolute atomic E-state index is 12.8. The lowest BCUT2D eigenvalue weighted by atomic mass is 9.99. The van der Waals surface area contributed by atoms with Gasteiger partial charge in [-0.25, -0.2) is 0 Å². The highest BCUT2D eigenvalue weighted by molar-refractivity contribution is 9.10. The van der Waals surface area contributed by atoms with E-state index in [0.717, 1.165) is 6.07 Å². The Balaban J connectivity index is 2.96. The van der Waals surface area contributed by atoms with E-state index in [4.69, 9.17) is 12.3 Å². The molecule has 0 aromatic heterocycles. The van der Waals surface area contributed by atoms with Gasteiger partial charge in [0.25, 0.3) is 0 Å². The van der Waals surface area contributed by atoms with Gasteiger partial charge in [-0.3, -0.25) is 11.3 Å². The average molecular weight is 335 g/mol. The lowest BCUT2D eigenvalue weighted by Crippen LogP contribution is -2.28. The summed E-state index contributed by atoms with van der Waals surface area (Å²) < 4.78 is 38.4. The van der Waals surface area contributed by atoms with Crippen LogP contribution in [0.2, 0.25) is 0 Å². The molecule has 0 fully saturated rings. The van der Waals surface area contributed by atoms with Crippen molar-refractivity contribution in [2.24, 2.45) is 5.84 Å².